The molecule has 0 atom stereocenters. The van der Waals surface area contributed by atoms with Crippen LogP contribution in [0, 0.1) is 17.6 Å². The second-order valence-electron chi connectivity index (χ2n) is 4.57. The predicted octanol–water partition coefficient (Wildman–Crippen LogP) is 2.71. The Hall–Kier alpha value is -1.20. The molecule has 1 amide bonds. The smallest absolute Gasteiger partial charge is 0.224 e. The molecule has 6 heteroatoms. The molecule has 1 aliphatic heterocycles. The minimum absolute atomic E-state index is 0. The van der Waals surface area contributed by atoms with Gasteiger partial charge in [-0.25, -0.2) is 8.78 Å². The van der Waals surface area contributed by atoms with Gasteiger partial charge >= 0.3 is 0 Å². The number of halogens is 3. The fourth-order valence-corrected chi connectivity index (χ4v) is 2.13. The Labute approximate surface area is 117 Å². The molecule has 3 nitrogen and oxygen atoms in total. The largest absolute Gasteiger partial charge is 0.326 e. The van der Waals surface area contributed by atoms with Crippen LogP contribution < -0.4 is 10.6 Å². The van der Waals surface area contributed by atoms with Gasteiger partial charge < -0.3 is 10.6 Å². The van der Waals surface area contributed by atoms with Crippen LogP contribution in [0.5, 0.6) is 0 Å². The molecule has 1 saturated heterocycles. The van der Waals surface area contributed by atoms with Gasteiger partial charge in [0.1, 0.15) is 0 Å². The van der Waals surface area contributed by atoms with E-state index in [2.05, 4.69) is 10.6 Å². The average Bonchev–Trinajstić information content (AvgIpc) is 2.35. The Bertz CT molecular complexity index is 437. The second-order valence-corrected chi connectivity index (χ2v) is 4.57. The molecule has 106 valence electrons. The maximum Gasteiger partial charge on any atom is 0.224 e. The fourth-order valence-electron chi connectivity index (χ4n) is 2.13. The van der Waals surface area contributed by atoms with Crippen LogP contribution in [0.1, 0.15) is 19.3 Å². The van der Waals surface area contributed by atoms with Crippen molar-refractivity contribution in [2.45, 2.75) is 19.3 Å². The van der Waals surface area contributed by atoms with Crippen molar-refractivity contribution in [2.75, 3.05) is 18.4 Å². The molecule has 2 N–H and O–H groups in total. The zero-order valence-electron chi connectivity index (χ0n) is 10.4. The number of carbonyl (C=O) groups excluding carboxylic acids is 1. The van der Waals surface area contributed by atoms with Crippen LogP contribution in [-0.2, 0) is 4.79 Å². The van der Waals surface area contributed by atoms with Crippen molar-refractivity contribution >= 4 is 24.0 Å². The maximum absolute atomic E-state index is 13.0. The summed E-state index contributed by atoms with van der Waals surface area (Å²) in [6, 6.07) is 3.36. The van der Waals surface area contributed by atoms with E-state index >= 15 is 0 Å². The SMILES string of the molecule is Cl.O=C(CC1CCNCC1)Nc1ccc(F)c(F)c1. The van der Waals surface area contributed by atoms with Gasteiger partial charge in [-0.15, -0.1) is 12.4 Å². The second kappa shape index (κ2) is 7.40. The Morgan fingerprint density at radius 3 is 2.58 bits per heavy atom. The highest BCUT2D eigenvalue weighted by Gasteiger charge is 2.17. The monoisotopic (exact) mass is 290 g/mol. The summed E-state index contributed by atoms with van der Waals surface area (Å²) in [5.74, 6) is -1.63. The van der Waals surface area contributed by atoms with Gasteiger partial charge in [-0.3, -0.25) is 4.79 Å². The Balaban J connectivity index is 0.00000180. The van der Waals surface area contributed by atoms with Gasteiger partial charge in [0.15, 0.2) is 11.6 Å². The molecule has 2 rings (SSSR count). The lowest BCUT2D eigenvalue weighted by Gasteiger charge is -2.21. The molecule has 1 aromatic rings. The van der Waals surface area contributed by atoms with Crippen LogP contribution in [0.25, 0.3) is 0 Å². The summed E-state index contributed by atoms with van der Waals surface area (Å²) in [7, 11) is 0. The van der Waals surface area contributed by atoms with Gasteiger partial charge in [0.25, 0.3) is 0 Å². The predicted molar refractivity (Wildman–Crippen MR) is 72.4 cm³/mol. The molecular weight excluding hydrogens is 274 g/mol. The summed E-state index contributed by atoms with van der Waals surface area (Å²) in [6.07, 6.45) is 2.39. The van der Waals surface area contributed by atoms with E-state index in [9.17, 15) is 13.6 Å². The highest BCUT2D eigenvalue weighted by molar-refractivity contribution is 5.90. The van der Waals surface area contributed by atoms with E-state index in [0.717, 1.165) is 38.1 Å². The molecule has 19 heavy (non-hydrogen) atoms. The van der Waals surface area contributed by atoms with Crippen molar-refractivity contribution in [1.29, 1.82) is 0 Å². The van der Waals surface area contributed by atoms with E-state index in [1.54, 1.807) is 0 Å². The molecule has 1 fully saturated rings. The molecule has 0 unspecified atom stereocenters. The number of anilines is 1. The molecule has 0 radical (unpaired) electrons. The molecule has 0 bridgehead atoms. The molecule has 0 saturated carbocycles. The van der Waals surface area contributed by atoms with Crippen LogP contribution in [0.3, 0.4) is 0 Å². The van der Waals surface area contributed by atoms with Gasteiger partial charge in [0, 0.05) is 18.2 Å². The van der Waals surface area contributed by atoms with E-state index in [0.29, 0.717) is 18.0 Å². The molecule has 0 spiro atoms. The first-order valence-corrected chi connectivity index (χ1v) is 6.11. The van der Waals surface area contributed by atoms with E-state index < -0.39 is 11.6 Å². The molecule has 1 aromatic carbocycles. The van der Waals surface area contributed by atoms with Crippen LogP contribution >= 0.6 is 12.4 Å². The quantitative estimate of drug-likeness (QED) is 0.899. The van der Waals surface area contributed by atoms with E-state index in [4.69, 9.17) is 0 Å². The third kappa shape index (κ3) is 4.76. The maximum atomic E-state index is 13.0. The van der Waals surface area contributed by atoms with Crippen molar-refractivity contribution in [3.63, 3.8) is 0 Å². The van der Waals surface area contributed by atoms with E-state index in [-0.39, 0.29) is 18.3 Å². The lowest BCUT2D eigenvalue weighted by atomic mass is 9.94. The first-order chi connectivity index (χ1) is 8.65. The van der Waals surface area contributed by atoms with Crippen LogP contribution in [0.4, 0.5) is 14.5 Å². The third-order valence-electron chi connectivity index (χ3n) is 3.14. The van der Waals surface area contributed by atoms with Gasteiger partial charge in [-0.05, 0) is 44.0 Å². The topological polar surface area (TPSA) is 41.1 Å². The van der Waals surface area contributed by atoms with Crippen molar-refractivity contribution in [1.82, 2.24) is 5.32 Å². The number of amides is 1. The summed E-state index contributed by atoms with van der Waals surface area (Å²) >= 11 is 0. The third-order valence-corrected chi connectivity index (χ3v) is 3.14. The molecular formula is C13H17ClF2N2O. The minimum Gasteiger partial charge on any atom is -0.326 e. The first kappa shape index (κ1) is 15.9. The van der Waals surface area contributed by atoms with Gasteiger partial charge in [0.2, 0.25) is 5.91 Å². The number of nitrogens with one attached hydrogen (secondary N) is 2. The minimum atomic E-state index is -0.949. The van der Waals surface area contributed by atoms with Crippen molar-refractivity contribution < 1.29 is 13.6 Å². The van der Waals surface area contributed by atoms with Crippen molar-refractivity contribution in [3.8, 4) is 0 Å². The summed E-state index contributed by atoms with van der Waals surface area (Å²) in [6.45, 7) is 1.87. The van der Waals surface area contributed by atoms with Crippen molar-refractivity contribution in [3.05, 3.63) is 29.8 Å². The summed E-state index contributed by atoms with van der Waals surface area (Å²) in [5, 5.41) is 5.82. The summed E-state index contributed by atoms with van der Waals surface area (Å²) in [4.78, 5) is 11.7. The standard InChI is InChI=1S/C13H16F2N2O.ClH/c14-11-2-1-10(8-12(11)15)17-13(18)7-9-3-5-16-6-4-9;/h1-2,8-9,16H,3-7H2,(H,17,18);1H. The number of hydrogen-bond donors (Lipinski definition) is 2. The zero-order chi connectivity index (χ0) is 13.0. The van der Waals surface area contributed by atoms with Crippen LogP contribution in [-0.4, -0.2) is 19.0 Å². The number of hydrogen-bond acceptors (Lipinski definition) is 2. The molecule has 0 aliphatic carbocycles. The van der Waals surface area contributed by atoms with Gasteiger partial charge in [-0.2, -0.15) is 0 Å². The highest BCUT2D eigenvalue weighted by Crippen LogP contribution is 2.18. The molecule has 1 heterocycles. The van der Waals surface area contributed by atoms with Crippen LogP contribution in [0.2, 0.25) is 0 Å². The number of benzene rings is 1. The zero-order valence-corrected chi connectivity index (χ0v) is 11.2. The van der Waals surface area contributed by atoms with Gasteiger partial charge in [0.05, 0.1) is 0 Å². The Morgan fingerprint density at radius 2 is 1.95 bits per heavy atom. The van der Waals surface area contributed by atoms with Gasteiger partial charge in [-0.1, -0.05) is 0 Å². The fraction of sp³-hybridized carbons (Fsp3) is 0.462. The summed E-state index contributed by atoms with van der Waals surface area (Å²) in [5.41, 5.74) is 0.299. The van der Waals surface area contributed by atoms with Crippen LogP contribution in [0.15, 0.2) is 18.2 Å². The van der Waals surface area contributed by atoms with E-state index in [1.165, 1.54) is 6.07 Å². The first-order valence-electron chi connectivity index (χ1n) is 6.11. The Morgan fingerprint density at radius 1 is 1.26 bits per heavy atom. The number of carbonyl (C=O) groups is 1. The average molecular weight is 291 g/mol. The van der Waals surface area contributed by atoms with Crippen molar-refractivity contribution in [2.24, 2.45) is 5.92 Å². The molecule has 0 aromatic heterocycles. The van der Waals surface area contributed by atoms with E-state index in [1.807, 2.05) is 0 Å². The lowest BCUT2D eigenvalue weighted by molar-refractivity contribution is -0.117. The number of rotatable bonds is 3. The summed E-state index contributed by atoms with van der Waals surface area (Å²) < 4.78 is 25.7. The number of piperidine rings is 1. The highest BCUT2D eigenvalue weighted by atomic mass is 35.5. The molecule has 1 aliphatic rings. The lowest BCUT2D eigenvalue weighted by Crippen LogP contribution is -2.30. The Kier molecular flexibility index (Phi) is 6.18. The normalized spacial score (nSPS) is 15.7.